The highest BCUT2D eigenvalue weighted by molar-refractivity contribution is 5.69. The van der Waals surface area contributed by atoms with Gasteiger partial charge in [0, 0.05) is 30.1 Å². The lowest BCUT2D eigenvalue weighted by molar-refractivity contribution is -0.00360. The van der Waals surface area contributed by atoms with E-state index in [1.54, 1.807) is 10.7 Å². The molecule has 1 aliphatic carbocycles. The lowest BCUT2D eigenvalue weighted by Gasteiger charge is -2.48. The summed E-state index contributed by atoms with van der Waals surface area (Å²) in [4.78, 5) is 20.7. The number of pyridine rings is 1. The lowest BCUT2D eigenvalue weighted by Crippen LogP contribution is -2.58. The summed E-state index contributed by atoms with van der Waals surface area (Å²) in [6, 6.07) is 2.19. The van der Waals surface area contributed by atoms with Crippen LogP contribution >= 0.6 is 0 Å². The minimum atomic E-state index is -0.308. The molecule has 1 spiro atoms. The number of hydrogen-bond donors (Lipinski definition) is 0. The molecule has 3 fully saturated rings. The Bertz CT molecular complexity index is 981. The van der Waals surface area contributed by atoms with E-state index in [0.29, 0.717) is 18.5 Å². The number of nitrogens with zero attached hydrogens (tertiary/aromatic N) is 6. The van der Waals surface area contributed by atoms with Crippen LogP contribution in [0.15, 0.2) is 18.5 Å². The van der Waals surface area contributed by atoms with Gasteiger partial charge in [0.1, 0.15) is 5.82 Å². The highest BCUT2D eigenvalue weighted by Gasteiger charge is 2.51. The number of likely N-dealkylation sites (tertiary alicyclic amines) is 2. The van der Waals surface area contributed by atoms with Crippen LogP contribution in [0.2, 0.25) is 0 Å². The van der Waals surface area contributed by atoms with Gasteiger partial charge in [0.15, 0.2) is 5.82 Å². The van der Waals surface area contributed by atoms with E-state index in [0.717, 1.165) is 56.7 Å². The predicted molar refractivity (Wildman–Crippen MR) is 116 cm³/mol. The highest BCUT2D eigenvalue weighted by Crippen LogP contribution is 2.48. The molecule has 5 rings (SSSR count). The molecule has 1 unspecified atom stereocenters. The summed E-state index contributed by atoms with van der Waals surface area (Å²) in [7, 11) is 0. The van der Waals surface area contributed by atoms with Gasteiger partial charge in [-0.2, -0.15) is 0 Å². The second kappa shape index (κ2) is 8.42. The van der Waals surface area contributed by atoms with E-state index in [9.17, 15) is 9.18 Å². The van der Waals surface area contributed by atoms with Gasteiger partial charge in [-0.3, -0.25) is 0 Å². The number of amides is 1. The van der Waals surface area contributed by atoms with Gasteiger partial charge in [-0.05, 0) is 71.0 Å². The molecule has 3 aliphatic rings. The number of aryl methyl sites for hydroxylation is 1. The third-order valence-electron chi connectivity index (χ3n) is 7.43. The largest absolute Gasteiger partial charge is 0.450 e. The molecule has 9 heteroatoms. The van der Waals surface area contributed by atoms with Crippen molar-refractivity contribution in [2.24, 2.45) is 5.41 Å². The SMILES string of the molecule is CCOC(=O)N1CC2(CCC(N3CCC(c4cc(F)cnc4-n4cc(C)nn4)CC3)C2)C1. The monoisotopic (exact) mass is 442 g/mol. The minimum Gasteiger partial charge on any atom is -0.450 e. The van der Waals surface area contributed by atoms with Crippen molar-refractivity contribution in [3.63, 3.8) is 0 Å². The first-order valence-electron chi connectivity index (χ1n) is 11.7. The summed E-state index contributed by atoms with van der Waals surface area (Å²) >= 11 is 0. The maximum absolute atomic E-state index is 14.1. The average molecular weight is 443 g/mol. The molecule has 172 valence electrons. The molecule has 0 radical (unpaired) electrons. The number of rotatable bonds is 4. The molecule has 1 amide bonds. The van der Waals surface area contributed by atoms with Gasteiger partial charge < -0.3 is 14.5 Å². The second-order valence-corrected chi connectivity index (χ2v) is 9.63. The van der Waals surface area contributed by atoms with E-state index in [-0.39, 0.29) is 23.2 Å². The molecule has 32 heavy (non-hydrogen) atoms. The molecule has 0 aromatic carbocycles. The smallest absolute Gasteiger partial charge is 0.409 e. The third-order valence-corrected chi connectivity index (χ3v) is 7.43. The number of carbonyl (C=O) groups excluding carboxylic acids is 1. The van der Waals surface area contributed by atoms with Crippen LogP contribution in [-0.4, -0.2) is 74.7 Å². The van der Waals surface area contributed by atoms with Gasteiger partial charge in [0.25, 0.3) is 0 Å². The van der Waals surface area contributed by atoms with E-state index >= 15 is 0 Å². The Morgan fingerprint density at radius 3 is 2.75 bits per heavy atom. The zero-order chi connectivity index (χ0) is 22.3. The Kier molecular flexibility index (Phi) is 5.61. The molecule has 4 heterocycles. The average Bonchev–Trinajstić information content (AvgIpc) is 3.40. The number of hydrogen-bond acceptors (Lipinski definition) is 6. The van der Waals surface area contributed by atoms with Gasteiger partial charge in [-0.15, -0.1) is 5.10 Å². The van der Waals surface area contributed by atoms with E-state index in [1.165, 1.54) is 19.0 Å². The van der Waals surface area contributed by atoms with E-state index < -0.39 is 0 Å². The minimum absolute atomic E-state index is 0.176. The van der Waals surface area contributed by atoms with Crippen LogP contribution in [0.3, 0.4) is 0 Å². The van der Waals surface area contributed by atoms with Gasteiger partial charge in [-0.1, -0.05) is 5.21 Å². The molecule has 1 atom stereocenters. The van der Waals surface area contributed by atoms with Crippen LogP contribution in [0.5, 0.6) is 0 Å². The van der Waals surface area contributed by atoms with Crippen LogP contribution in [0, 0.1) is 18.2 Å². The van der Waals surface area contributed by atoms with E-state index in [2.05, 4.69) is 20.2 Å². The van der Waals surface area contributed by atoms with Crippen molar-refractivity contribution in [1.29, 1.82) is 0 Å². The van der Waals surface area contributed by atoms with Gasteiger partial charge >= 0.3 is 6.09 Å². The van der Waals surface area contributed by atoms with Gasteiger partial charge in [0.2, 0.25) is 0 Å². The quantitative estimate of drug-likeness (QED) is 0.723. The van der Waals surface area contributed by atoms with Crippen molar-refractivity contribution in [1.82, 2.24) is 29.8 Å². The summed E-state index contributed by atoms with van der Waals surface area (Å²) < 4.78 is 20.8. The Morgan fingerprint density at radius 1 is 1.28 bits per heavy atom. The van der Waals surface area contributed by atoms with Crippen LogP contribution in [0.25, 0.3) is 5.82 Å². The topological polar surface area (TPSA) is 76.4 Å². The zero-order valence-electron chi connectivity index (χ0n) is 18.8. The first kappa shape index (κ1) is 21.3. The van der Waals surface area contributed by atoms with Crippen LogP contribution in [0.1, 0.15) is 56.2 Å². The molecular weight excluding hydrogens is 411 g/mol. The summed E-state index contributed by atoms with van der Waals surface area (Å²) in [6.45, 7) is 7.81. The van der Waals surface area contributed by atoms with Crippen LogP contribution in [0.4, 0.5) is 9.18 Å². The zero-order valence-corrected chi connectivity index (χ0v) is 18.8. The molecular formula is C23H31FN6O2. The number of aromatic nitrogens is 4. The molecule has 0 N–H and O–H groups in total. The van der Waals surface area contributed by atoms with E-state index in [1.807, 2.05) is 24.9 Å². The summed E-state index contributed by atoms with van der Waals surface area (Å²) in [5.74, 6) is 0.628. The fourth-order valence-electron chi connectivity index (χ4n) is 5.85. The lowest BCUT2D eigenvalue weighted by atomic mass is 9.78. The van der Waals surface area contributed by atoms with Crippen LogP contribution in [-0.2, 0) is 4.74 Å². The first-order valence-corrected chi connectivity index (χ1v) is 11.7. The fourth-order valence-corrected chi connectivity index (χ4v) is 5.85. The van der Waals surface area contributed by atoms with Crippen LogP contribution < -0.4 is 0 Å². The van der Waals surface area contributed by atoms with Gasteiger partial charge in [-0.25, -0.2) is 18.9 Å². The van der Waals surface area contributed by atoms with Gasteiger partial charge in [0.05, 0.1) is 24.7 Å². The Balaban J connectivity index is 1.20. The summed E-state index contributed by atoms with van der Waals surface area (Å²) in [5.41, 5.74) is 2.00. The number of ether oxygens (including phenoxy) is 1. The predicted octanol–water partition coefficient (Wildman–Crippen LogP) is 3.30. The first-order chi connectivity index (χ1) is 15.5. The third kappa shape index (κ3) is 3.98. The maximum Gasteiger partial charge on any atom is 0.409 e. The summed E-state index contributed by atoms with van der Waals surface area (Å²) in [6.07, 6.45) is 8.37. The van der Waals surface area contributed by atoms with Crippen molar-refractivity contribution < 1.29 is 13.9 Å². The van der Waals surface area contributed by atoms with Crippen molar-refractivity contribution in [3.05, 3.63) is 35.5 Å². The molecule has 8 nitrogen and oxygen atoms in total. The van der Waals surface area contributed by atoms with Crippen molar-refractivity contribution in [2.45, 2.75) is 57.9 Å². The van der Waals surface area contributed by atoms with Crippen molar-refractivity contribution >= 4 is 6.09 Å². The maximum atomic E-state index is 14.1. The number of halogens is 1. The summed E-state index contributed by atoms with van der Waals surface area (Å²) in [5, 5.41) is 8.20. The molecule has 2 aliphatic heterocycles. The van der Waals surface area contributed by atoms with E-state index in [4.69, 9.17) is 4.74 Å². The Morgan fingerprint density at radius 2 is 2.06 bits per heavy atom. The normalized spacial score (nSPS) is 23.5. The molecule has 0 bridgehead atoms. The molecule has 2 aromatic rings. The van der Waals surface area contributed by atoms with Crippen molar-refractivity contribution in [2.75, 3.05) is 32.8 Å². The molecule has 2 aromatic heterocycles. The molecule has 1 saturated carbocycles. The standard InChI is InChI=1S/C23H31FN6O2/c1-3-32-22(31)29-14-23(15-29)7-4-19(11-23)28-8-5-17(6-9-28)20-10-18(24)12-25-21(20)30-13-16(2)26-27-30/h10,12-13,17,19H,3-9,11,14-15H2,1-2H3. The number of carbonyl (C=O) groups is 1. The number of piperidine rings is 1. The Labute approximate surface area is 187 Å². The second-order valence-electron chi connectivity index (χ2n) is 9.63. The Hall–Kier alpha value is -2.55. The van der Waals surface area contributed by atoms with Crippen molar-refractivity contribution in [3.8, 4) is 5.82 Å². The highest BCUT2D eigenvalue weighted by atomic mass is 19.1. The molecule has 2 saturated heterocycles. The fraction of sp³-hybridized carbons (Fsp3) is 0.652.